The first-order valence-corrected chi connectivity index (χ1v) is 6.97. The fourth-order valence-corrected chi connectivity index (χ4v) is 2.64. The number of fused-ring (bicyclic) bond motifs is 1. The highest BCUT2D eigenvalue weighted by Crippen LogP contribution is 2.27. The molecular formula is C17H18FN3. The monoisotopic (exact) mass is 283 g/mol. The number of nitrogens with two attached hydrogens (primary N) is 1. The van der Waals surface area contributed by atoms with Crippen molar-refractivity contribution in [1.82, 2.24) is 9.55 Å². The predicted octanol–water partition coefficient (Wildman–Crippen LogP) is 3.80. The lowest BCUT2D eigenvalue weighted by atomic mass is 10.1. The quantitative estimate of drug-likeness (QED) is 0.777. The van der Waals surface area contributed by atoms with E-state index in [1.807, 2.05) is 16.7 Å². The van der Waals surface area contributed by atoms with Gasteiger partial charge >= 0.3 is 0 Å². The Morgan fingerprint density at radius 1 is 1.19 bits per heavy atom. The van der Waals surface area contributed by atoms with Crippen molar-refractivity contribution in [2.24, 2.45) is 5.73 Å². The predicted molar refractivity (Wildman–Crippen MR) is 83.1 cm³/mol. The van der Waals surface area contributed by atoms with Gasteiger partial charge in [0, 0.05) is 11.6 Å². The van der Waals surface area contributed by atoms with Gasteiger partial charge in [0.25, 0.3) is 0 Å². The van der Waals surface area contributed by atoms with Crippen molar-refractivity contribution < 1.29 is 4.39 Å². The minimum atomic E-state index is -0.384. The Kier molecular flexibility index (Phi) is 3.26. The van der Waals surface area contributed by atoms with Gasteiger partial charge in [0.05, 0.1) is 16.7 Å². The molecule has 0 saturated heterocycles. The third-order valence-corrected chi connectivity index (χ3v) is 3.91. The summed E-state index contributed by atoms with van der Waals surface area (Å²) in [6.45, 7) is 5.91. The average Bonchev–Trinajstić information content (AvgIpc) is 2.81. The third-order valence-electron chi connectivity index (χ3n) is 3.91. The Balaban J connectivity index is 2.31. The molecule has 2 aromatic carbocycles. The molecule has 3 aromatic rings. The Bertz CT molecular complexity index is 818. The highest BCUT2D eigenvalue weighted by molar-refractivity contribution is 5.79. The highest BCUT2D eigenvalue weighted by Gasteiger charge is 2.16. The van der Waals surface area contributed by atoms with Crippen LogP contribution >= 0.6 is 0 Å². The molecule has 1 heterocycles. The van der Waals surface area contributed by atoms with E-state index < -0.39 is 0 Å². The Morgan fingerprint density at radius 3 is 2.62 bits per heavy atom. The summed E-state index contributed by atoms with van der Waals surface area (Å²) in [4.78, 5) is 4.43. The van der Waals surface area contributed by atoms with E-state index in [-0.39, 0.29) is 11.9 Å². The van der Waals surface area contributed by atoms with E-state index in [2.05, 4.69) is 24.9 Å². The van der Waals surface area contributed by atoms with Crippen LogP contribution in [0.2, 0.25) is 0 Å². The number of benzene rings is 2. The summed E-state index contributed by atoms with van der Waals surface area (Å²) >= 11 is 0. The molecule has 0 fully saturated rings. The van der Waals surface area contributed by atoms with Gasteiger partial charge in [0.2, 0.25) is 0 Å². The van der Waals surface area contributed by atoms with E-state index in [1.54, 1.807) is 19.3 Å². The minimum absolute atomic E-state index is 0.284. The summed E-state index contributed by atoms with van der Waals surface area (Å²) in [6.07, 6.45) is 1.73. The van der Waals surface area contributed by atoms with Crippen LogP contribution in [0.25, 0.3) is 16.7 Å². The van der Waals surface area contributed by atoms with Crippen molar-refractivity contribution in [2.45, 2.75) is 26.8 Å². The van der Waals surface area contributed by atoms with Crippen LogP contribution in [0.15, 0.2) is 36.7 Å². The van der Waals surface area contributed by atoms with Gasteiger partial charge in [-0.3, -0.25) is 4.57 Å². The zero-order valence-corrected chi connectivity index (χ0v) is 12.4. The van der Waals surface area contributed by atoms with Crippen molar-refractivity contribution in [3.05, 3.63) is 59.2 Å². The molecule has 0 spiro atoms. The molecule has 0 amide bonds. The van der Waals surface area contributed by atoms with Crippen molar-refractivity contribution in [3.8, 4) is 5.69 Å². The maximum atomic E-state index is 14.1. The van der Waals surface area contributed by atoms with Crippen LogP contribution in [0.3, 0.4) is 0 Å². The number of halogens is 1. The smallest absolute Gasteiger partial charge is 0.130 e. The molecule has 0 radical (unpaired) electrons. The average molecular weight is 283 g/mol. The molecule has 108 valence electrons. The SMILES string of the molecule is Cc1cc2ncn(-c3cccc(F)c3[C@@H](C)N)c2cc1C. The Hall–Kier alpha value is -2.20. The van der Waals surface area contributed by atoms with E-state index in [0.29, 0.717) is 5.56 Å². The first-order valence-electron chi connectivity index (χ1n) is 6.97. The molecule has 1 aromatic heterocycles. The molecular weight excluding hydrogens is 265 g/mol. The van der Waals surface area contributed by atoms with Gasteiger partial charge in [-0.05, 0) is 56.2 Å². The van der Waals surface area contributed by atoms with Crippen molar-refractivity contribution in [1.29, 1.82) is 0 Å². The van der Waals surface area contributed by atoms with Crippen molar-refractivity contribution >= 4 is 11.0 Å². The van der Waals surface area contributed by atoms with Gasteiger partial charge in [0.1, 0.15) is 12.1 Å². The molecule has 1 atom stereocenters. The van der Waals surface area contributed by atoms with Crippen LogP contribution in [0.5, 0.6) is 0 Å². The molecule has 0 saturated carbocycles. The number of hydrogen-bond acceptors (Lipinski definition) is 2. The first-order chi connectivity index (χ1) is 9.99. The summed E-state index contributed by atoms with van der Waals surface area (Å²) in [7, 11) is 0. The fourth-order valence-electron chi connectivity index (χ4n) is 2.64. The maximum absolute atomic E-state index is 14.1. The van der Waals surface area contributed by atoms with Crippen LogP contribution in [-0.2, 0) is 0 Å². The van der Waals surface area contributed by atoms with Gasteiger partial charge in [-0.1, -0.05) is 6.07 Å². The minimum Gasteiger partial charge on any atom is -0.324 e. The second-order valence-electron chi connectivity index (χ2n) is 5.50. The van der Waals surface area contributed by atoms with Gasteiger partial charge in [0.15, 0.2) is 0 Å². The standard InChI is InChI=1S/C17H18FN3/c1-10-7-14-16(8-11(10)2)21(9-20-14)15-6-4-5-13(18)17(15)12(3)19/h4-9,12H,19H2,1-3H3/t12-/m1/s1. The zero-order valence-electron chi connectivity index (χ0n) is 12.4. The van der Waals surface area contributed by atoms with Gasteiger partial charge < -0.3 is 5.73 Å². The number of hydrogen-bond donors (Lipinski definition) is 1. The number of rotatable bonds is 2. The summed E-state index contributed by atoms with van der Waals surface area (Å²) in [5.41, 5.74) is 11.4. The number of nitrogens with zero attached hydrogens (tertiary/aromatic N) is 2. The molecule has 21 heavy (non-hydrogen) atoms. The van der Waals surface area contributed by atoms with E-state index in [4.69, 9.17) is 5.73 Å². The molecule has 0 unspecified atom stereocenters. The number of imidazole rings is 1. The van der Waals surface area contributed by atoms with Crippen LogP contribution < -0.4 is 5.73 Å². The maximum Gasteiger partial charge on any atom is 0.130 e. The second-order valence-corrected chi connectivity index (χ2v) is 5.50. The number of aryl methyl sites for hydroxylation is 2. The largest absolute Gasteiger partial charge is 0.324 e. The topological polar surface area (TPSA) is 43.8 Å². The number of aromatic nitrogens is 2. The van der Waals surface area contributed by atoms with E-state index in [1.165, 1.54) is 17.2 Å². The van der Waals surface area contributed by atoms with Gasteiger partial charge in [-0.25, -0.2) is 9.37 Å². The zero-order chi connectivity index (χ0) is 15.1. The van der Waals surface area contributed by atoms with Crippen LogP contribution in [0.1, 0.15) is 29.7 Å². The summed E-state index contributed by atoms with van der Waals surface area (Å²) in [5, 5.41) is 0. The molecule has 0 aliphatic heterocycles. The first kappa shape index (κ1) is 13.8. The molecule has 4 heteroatoms. The molecule has 3 rings (SSSR count). The molecule has 0 aliphatic rings. The van der Waals surface area contributed by atoms with Crippen LogP contribution in [0, 0.1) is 19.7 Å². The Labute approximate surface area is 123 Å². The van der Waals surface area contributed by atoms with Crippen LogP contribution in [-0.4, -0.2) is 9.55 Å². The lowest BCUT2D eigenvalue weighted by molar-refractivity contribution is 0.591. The van der Waals surface area contributed by atoms with Crippen LogP contribution in [0.4, 0.5) is 4.39 Å². The summed E-state index contributed by atoms with van der Waals surface area (Å²) in [6, 6.07) is 8.75. The molecule has 0 bridgehead atoms. The highest BCUT2D eigenvalue weighted by atomic mass is 19.1. The summed E-state index contributed by atoms with van der Waals surface area (Å²) in [5.74, 6) is -0.284. The van der Waals surface area contributed by atoms with Gasteiger partial charge in [-0.2, -0.15) is 0 Å². The normalized spacial score (nSPS) is 12.8. The fraction of sp³-hybridized carbons (Fsp3) is 0.235. The summed E-state index contributed by atoms with van der Waals surface area (Å²) < 4.78 is 16.0. The van der Waals surface area contributed by atoms with E-state index >= 15 is 0 Å². The van der Waals surface area contributed by atoms with Crippen molar-refractivity contribution in [2.75, 3.05) is 0 Å². The Morgan fingerprint density at radius 2 is 1.90 bits per heavy atom. The van der Waals surface area contributed by atoms with Crippen molar-refractivity contribution in [3.63, 3.8) is 0 Å². The molecule has 0 aliphatic carbocycles. The van der Waals surface area contributed by atoms with Gasteiger partial charge in [-0.15, -0.1) is 0 Å². The molecule has 3 nitrogen and oxygen atoms in total. The van der Waals surface area contributed by atoms with E-state index in [9.17, 15) is 4.39 Å². The third kappa shape index (κ3) is 2.21. The second kappa shape index (κ2) is 4.97. The van der Waals surface area contributed by atoms with E-state index in [0.717, 1.165) is 16.7 Å². The molecule has 2 N–H and O–H groups in total. The lowest BCUT2D eigenvalue weighted by Crippen LogP contribution is -2.12. The lowest BCUT2D eigenvalue weighted by Gasteiger charge is -2.15.